The molecule has 0 saturated heterocycles. The molecule has 1 aromatic rings. The highest BCUT2D eigenvalue weighted by Crippen LogP contribution is 2.18. The minimum absolute atomic E-state index is 0.484. The molecular weight excluding hydrogens is 200 g/mol. The highest BCUT2D eigenvalue weighted by atomic mass is 16.5. The van der Waals surface area contributed by atoms with E-state index in [1.165, 1.54) is 0 Å². The second-order valence-electron chi connectivity index (χ2n) is 3.53. The highest BCUT2D eigenvalue weighted by Gasteiger charge is 1.99. The van der Waals surface area contributed by atoms with Gasteiger partial charge in [0, 0.05) is 6.42 Å². The molecule has 2 nitrogen and oxygen atoms in total. The lowest BCUT2D eigenvalue weighted by atomic mass is 10.1. The van der Waals surface area contributed by atoms with Crippen molar-refractivity contribution in [3.63, 3.8) is 0 Å². The van der Waals surface area contributed by atoms with Gasteiger partial charge in [-0.15, -0.1) is 0 Å². The van der Waals surface area contributed by atoms with Crippen molar-refractivity contribution in [2.75, 3.05) is 6.61 Å². The Morgan fingerprint density at radius 1 is 1.25 bits per heavy atom. The van der Waals surface area contributed by atoms with Gasteiger partial charge in [-0.05, 0) is 24.5 Å². The van der Waals surface area contributed by atoms with Gasteiger partial charge in [-0.1, -0.05) is 37.3 Å². The van der Waals surface area contributed by atoms with Crippen molar-refractivity contribution in [2.24, 2.45) is 0 Å². The first kappa shape index (κ1) is 12.5. The van der Waals surface area contributed by atoms with Crippen LogP contribution >= 0.6 is 0 Å². The molecule has 0 amide bonds. The standard InChI is InChI=1S/C14H18O2/c1-2-12-16-14-10-6-5-9-13(14)8-4-3-7-11-15/h3-6,9-11H,2,7-8,12H2,1H3. The predicted octanol–water partition coefficient (Wildman–Crippen LogP) is 3.16. The molecule has 0 N–H and O–H groups in total. The van der Waals surface area contributed by atoms with E-state index in [0.29, 0.717) is 6.42 Å². The molecule has 0 aliphatic rings. The van der Waals surface area contributed by atoms with Crippen LogP contribution < -0.4 is 4.74 Å². The molecule has 1 rings (SSSR count). The number of carbonyl (C=O) groups is 1. The molecule has 2 heteroatoms. The monoisotopic (exact) mass is 218 g/mol. The molecule has 0 heterocycles. The molecule has 1 aromatic carbocycles. The fraction of sp³-hybridized carbons (Fsp3) is 0.357. The van der Waals surface area contributed by atoms with Gasteiger partial charge in [0.05, 0.1) is 6.61 Å². The van der Waals surface area contributed by atoms with E-state index in [-0.39, 0.29) is 0 Å². The summed E-state index contributed by atoms with van der Waals surface area (Å²) in [6.07, 6.45) is 7.09. The van der Waals surface area contributed by atoms with Crippen molar-refractivity contribution >= 4 is 6.29 Å². The van der Waals surface area contributed by atoms with Crippen molar-refractivity contribution in [3.8, 4) is 5.75 Å². The van der Waals surface area contributed by atoms with Gasteiger partial charge in [0.15, 0.2) is 0 Å². The number of allylic oxidation sites excluding steroid dienone is 2. The SMILES string of the molecule is CCCOc1ccccc1CC=CCC=O. The lowest BCUT2D eigenvalue weighted by Crippen LogP contribution is -1.98. The molecule has 0 fully saturated rings. The Labute approximate surface area is 96.9 Å². The van der Waals surface area contributed by atoms with Crippen LogP contribution in [0, 0.1) is 0 Å². The van der Waals surface area contributed by atoms with Gasteiger partial charge in [-0.3, -0.25) is 0 Å². The summed E-state index contributed by atoms with van der Waals surface area (Å²) in [6, 6.07) is 8.01. The van der Waals surface area contributed by atoms with E-state index < -0.39 is 0 Å². The number of para-hydroxylation sites is 1. The largest absolute Gasteiger partial charge is 0.493 e. The van der Waals surface area contributed by atoms with Crippen LogP contribution in [0.3, 0.4) is 0 Å². The van der Waals surface area contributed by atoms with Crippen LogP contribution in [0.2, 0.25) is 0 Å². The summed E-state index contributed by atoms with van der Waals surface area (Å²) in [7, 11) is 0. The number of carbonyl (C=O) groups excluding carboxylic acids is 1. The van der Waals surface area contributed by atoms with Gasteiger partial charge in [-0.2, -0.15) is 0 Å². The third-order valence-electron chi connectivity index (χ3n) is 2.17. The summed E-state index contributed by atoms with van der Waals surface area (Å²) in [5.74, 6) is 0.945. The molecule has 0 atom stereocenters. The average Bonchev–Trinajstić information content (AvgIpc) is 2.33. The topological polar surface area (TPSA) is 26.3 Å². The lowest BCUT2D eigenvalue weighted by Gasteiger charge is -2.08. The molecular formula is C14H18O2. The molecule has 0 aliphatic carbocycles. The fourth-order valence-electron chi connectivity index (χ4n) is 1.39. The van der Waals surface area contributed by atoms with E-state index in [2.05, 4.69) is 13.0 Å². The number of aldehydes is 1. The minimum atomic E-state index is 0.484. The third-order valence-corrected chi connectivity index (χ3v) is 2.17. The van der Waals surface area contributed by atoms with Crippen molar-refractivity contribution in [1.82, 2.24) is 0 Å². The molecule has 0 aromatic heterocycles. The summed E-state index contributed by atoms with van der Waals surface area (Å²) in [5, 5.41) is 0. The zero-order valence-electron chi connectivity index (χ0n) is 9.69. The van der Waals surface area contributed by atoms with Gasteiger partial charge in [0.2, 0.25) is 0 Å². The van der Waals surface area contributed by atoms with Gasteiger partial charge < -0.3 is 9.53 Å². The summed E-state index contributed by atoms with van der Waals surface area (Å²) in [6.45, 7) is 2.83. The van der Waals surface area contributed by atoms with Gasteiger partial charge in [0.25, 0.3) is 0 Å². The Morgan fingerprint density at radius 3 is 2.81 bits per heavy atom. The Morgan fingerprint density at radius 2 is 2.06 bits per heavy atom. The molecule has 0 aliphatic heterocycles. The zero-order chi connectivity index (χ0) is 11.6. The maximum absolute atomic E-state index is 10.1. The Kier molecular flexibility index (Phi) is 6.00. The molecule has 86 valence electrons. The quantitative estimate of drug-likeness (QED) is 0.519. The molecule has 0 unspecified atom stereocenters. The van der Waals surface area contributed by atoms with Crippen LogP contribution in [-0.2, 0) is 11.2 Å². The highest BCUT2D eigenvalue weighted by molar-refractivity contribution is 5.51. The fourth-order valence-corrected chi connectivity index (χ4v) is 1.39. The maximum Gasteiger partial charge on any atom is 0.123 e. The molecule has 0 radical (unpaired) electrons. The lowest BCUT2D eigenvalue weighted by molar-refractivity contribution is -0.107. The zero-order valence-corrected chi connectivity index (χ0v) is 9.69. The average molecular weight is 218 g/mol. The van der Waals surface area contributed by atoms with Crippen LogP contribution in [0.1, 0.15) is 25.3 Å². The first-order valence-electron chi connectivity index (χ1n) is 5.67. The third kappa shape index (κ3) is 4.30. The van der Waals surface area contributed by atoms with Crippen molar-refractivity contribution in [2.45, 2.75) is 26.2 Å². The van der Waals surface area contributed by atoms with Crippen molar-refractivity contribution < 1.29 is 9.53 Å². The smallest absolute Gasteiger partial charge is 0.123 e. The van der Waals surface area contributed by atoms with E-state index in [1.807, 2.05) is 30.4 Å². The molecule has 0 saturated carbocycles. The first-order chi connectivity index (χ1) is 7.88. The molecule has 0 bridgehead atoms. The van der Waals surface area contributed by atoms with Crippen LogP contribution in [0.5, 0.6) is 5.75 Å². The van der Waals surface area contributed by atoms with Crippen molar-refractivity contribution in [1.29, 1.82) is 0 Å². The minimum Gasteiger partial charge on any atom is -0.493 e. The number of ether oxygens (including phenoxy) is 1. The summed E-state index contributed by atoms with van der Waals surface area (Å²) in [4.78, 5) is 10.1. The first-order valence-corrected chi connectivity index (χ1v) is 5.67. The Bertz CT molecular complexity index is 342. The number of hydrogen-bond donors (Lipinski definition) is 0. The second-order valence-corrected chi connectivity index (χ2v) is 3.53. The predicted molar refractivity (Wildman–Crippen MR) is 65.8 cm³/mol. The Balaban J connectivity index is 2.59. The molecule has 16 heavy (non-hydrogen) atoms. The number of benzene rings is 1. The van der Waals surface area contributed by atoms with Crippen LogP contribution in [0.15, 0.2) is 36.4 Å². The maximum atomic E-state index is 10.1. The van der Waals surface area contributed by atoms with Crippen LogP contribution in [-0.4, -0.2) is 12.9 Å². The second kappa shape index (κ2) is 7.69. The van der Waals surface area contributed by atoms with Gasteiger partial charge in [-0.25, -0.2) is 0 Å². The van der Waals surface area contributed by atoms with E-state index in [0.717, 1.165) is 37.0 Å². The molecule has 0 spiro atoms. The van der Waals surface area contributed by atoms with Gasteiger partial charge >= 0.3 is 0 Å². The van der Waals surface area contributed by atoms with E-state index in [4.69, 9.17) is 4.74 Å². The number of hydrogen-bond acceptors (Lipinski definition) is 2. The van der Waals surface area contributed by atoms with Crippen molar-refractivity contribution in [3.05, 3.63) is 42.0 Å². The summed E-state index contributed by atoms with van der Waals surface area (Å²) >= 11 is 0. The Hall–Kier alpha value is -1.57. The summed E-state index contributed by atoms with van der Waals surface area (Å²) < 4.78 is 5.64. The number of rotatable bonds is 7. The van der Waals surface area contributed by atoms with E-state index in [9.17, 15) is 4.79 Å². The van der Waals surface area contributed by atoms with E-state index >= 15 is 0 Å². The van der Waals surface area contributed by atoms with Crippen LogP contribution in [0.25, 0.3) is 0 Å². The van der Waals surface area contributed by atoms with Crippen LogP contribution in [0.4, 0.5) is 0 Å². The summed E-state index contributed by atoms with van der Waals surface area (Å²) in [5.41, 5.74) is 1.16. The van der Waals surface area contributed by atoms with E-state index in [1.54, 1.807) is 0 Å². The normalized spacial score (nSPS) is 10.6. The van der Waals surface area contributed by atoms with Gasteiger partial charge in [0.1, 0.15) is 12.0 Å².